The minimum absolute atomic E-state index is 0.0968. The fourth-order valence-corrected chi connectivity index (χ4v) is 2.02. The quantitative estimate of drug-likeness (QED) is 0.612. The zero-order chi connectivity index (χ0) is 14.9. The minimum atomic E-state index is -4.53. The van der Waals surface area contributed by atoms with Crippen LogP contribution < -0.4 is 0 Å². The van der Waals surface area contributed by atoms with Gasteiger partial charge in [0.2, 0.25) is 0 Å². The van der Waals surface area contributed by atoms with Crippen LogP contribution in [-0.2, 0) is 11.5 Å². The normalized spacial score (nSPS) is 12.2. The van der Waals surface area contributed by atoms with Gasteiger partial charge < -0.3 is 0 Å². The average Bonchev–Trinajstić information content (AvgIpc) is 2.81. The molecule has 0 saturated heterocycles. The summed E-state index contributed by atoms with van der Waals surface area (Å²) in [6.45, 7) is 0. The van der Waals surface area contributed by atoms with Gasteiger partial charge in [0.25, 0.3) is 6.43 Å². The zero-order valence-electron chi connectivity index (χ0n) is 9.70. The van der Waals surface area contributed by atoms with Crippen molar-refractivity contribution in [1.29, 1.82) is 0 Å². The summed E-state index contributed by atoms with van der Waals surface area (Å²) in [7, 11) is 0. The molecule has 0 aliphatic heterocycles. The Balaban J connectivity index is 2.45. The molecule has 0 unspecified atom stereocenters. The van der Waals surface area contributed by atoms with Gasteiger partial charge >= 0.3 is 6.18 Å². The summed E-state index contributed by atoms with van der Waals surface area (Å²) in [5.74, 6) is -0.0968. The van der Waals surface area contributed by atoms with Crippen molar-refractivity contribution in [3.63, 3.8) is 0 Å². The highest BCUT2D eigenvalue weighted by Gasteiger charge is 2.31. The molecule has 20 heavy (non-hydrogen) atoms. The molecular formula is C11H7BrF5N3. The van der Waals surface area contributed by atoms with Gasteiger partial charge in [-0.1, -0.05) is 15.9 Å². The topological polar surface area (TPSA) is 30.7 Å². The summed E-state index contributed by atoms with van der Waals surface area (Å²) in [4.78, 5) is 3.54. The molecule has 0 radical (unpaired) electrons. The van der Waals surface area contributed by atoms with Gasteiger partial charge in [0, 0.05) is 17.1 Å². The first kappa shape index (κ1) is 14.9. The van der Waals surface area contributed by atoms with Gasteiger partial charge in [-0.15, -0.1) is 0 Å². The third-order valence-electron chi connectivity index (χ3n) is 2.53. The minimum Gasteiger partial charge on any atom is -0.236 e. The van der Waals surface area contributed by atoms with Crippen molar-refractivity contribution >= 4 is 15.9 Å². The van der Waals surface area contributed by atoms with E-state index in [4.69, 9.17) is 0 Å². The van der Waals surface area contributed by atoms with Gasteiger partial charge in [0.15, 0.2) is 5.82 Å². The van der Waals surface area contributed by atoms with Crippen LogP contribution in [-0.4, -0.2) is 14.8 Å². The van der Waals surface area contributed by atoms with E-state index in [2.05, 4.69) is 26.0 Å². The van der Waals surface area contributed by atoms with Crippen LogP contribution in [0.2, 0.25) is 0 Å². The summed E-state index contributed by atoms with van der Waals surface area (Å²) in [5, 5.41) is 3.89. The summed E-state index contributed by atoms with van der Waals surface area (Å²) < 4.78 is 64.0. The number of hydrogen-bond acceptors (Lipinski definition) is 2. The van der Waals surface area contributed by atoms with E-state index in [-0.39, 0.29) is 16.7 Å². The number of hydrogen-bond donors (Lipinski definition) is 0. The van der Waals surface area contributed by atoms with Gasteiger partial charge in [-0.05, 0) is 12.1 Å². The largest absolute Gasteiger partial charge is 0.417 e. The number of alkyl halides is 6. The Morgan fingerprint density at radius 1 is 1.20 bits per heavy atom. The number of halogens is 6. The molecule has 0 N–H and O–H groups in total. The molecule has 2 aromatic rings. The molecule has 0 aromatic carbocycles. The van der Waals surface area contributed by atoms with Crippen molar-refractivity contribution < 1.29 is 22.0 Å². The first-order chi connectivity index (χ1) is 9.34. The molecule has 108 valence electrons. The van der Waals surface area contributed by atoms with Crippen LogP contribution in [0.25, 0.3) is 5.82 Å². The van der Waals surface area contributed by atoms with E-state index < -0.39 is 23.9 Å². The van der Waals surface area contributed by atoms with Crippen LogP contribution in [0.3, 0.4) is 0 Å². The van der Waals surface area contributed by atoms with Gasteiger partial charge in [0.1, 0.15) is 5.69 Å². The molecule has 0 bridgehead atoms. The molecule has 0 aliphatic carbocycles. The van der Waals surface area contributed by atoms with E-state index in [0.29, 0.717) is 6.20 Å². The molecular weight excluding hydrogens is 349 g/mol. The molecule has 2 aromatic heterocycles. The fourth-order valence-electron chi connectivity index (χ4n) is 1.59. The van der Waals surface area contributed by atoms with Gasteiger partial charge in [0.05, 0.1) is 11.8 Å². The van der Waals surface area contributed by atoms with Crippen molar-refractivity contribution in [3.8, 4) is 5.82 Å². The lowest BCUT2D eigenvalue weighted by Gasteiger charge is -2.09. The molecule has 0 aliphatic rings. The summed E-state index contributed by atoms with van der Waals surface area (Å²) in [6.07, 6.45) is -5.54. The van der Waals surface area contributed by atoms with Crippen LogP contribution in [0, 0.1) is 0 Å². The second-order valence-corrected chi connectivity index (χ2v) is 4.36. The van der Waals surface area contributed by atoms with Crippen LogP contribution in [0.1, 0.15) is 23.2 Å². The Morgan fingerprint density at radius 2 is 1.90 bits per heavy atom. The maximum atomic E-state index is 13.0. The second-order valence-electron chi connectivity index (χ2n) is 3.80. The molecule has 0 fully saturated rings. The van der Waals surface area contributed by atoms with E-state index in [9.17, 15) is 22.0 Å². The SMILES string of the molecule is FC(F)c1c(CBr)cnn1-c1ccc(C(F)(F)F)cn1. The highest BCUT2D eigenvalue weighted by atomic mass is 79.9. The van der Waals surface area contributed by atoms with Crippen molar-refractivity contribution in [3.05, 3.63) is 41.3 Å². The molecule has 3 nitrogen and oxygen atoms in total. The molecule has 2 rings (SSSR count). The summed E-state index contributed by atoms with van der Waals surface area (Å²) in [6, 6.07) is 1.77. The fraction of sp³-hybridized carbons (Fsp3) is 0.273. The molecule has 0 atom stereocenters. The number of pyridine rings is 1. The first-order valence-electron chi connectivity index (χ1n) is 5.29. The summed E-state index contributed by atoms with van der Waals surface area (Å²) in [5.41, 5.74) is -1.09. The average molecular weight is 356 g/mol. The highest BCUT2D eigenvalue weighted by Crippen LogP contribution is 2.30. The molecule has 2 heterocycles. The van der Waals surface area contributed by atoms with E-state index in [0.717, 1.165) is 16.8 Å². The van der Waals surface area contributed by atoms with E-state index in [1.54, 1.807) is 0 Å². The highest BCUT2D eigenvalue weighted by molar-refractivity contribution is 9.08. The first-order valence-corrected chi connectivity index (χ1v) is 6.41. The van der Waals surface area contributed by atoms with E-state index in [1.165, 1.54) is 6.20 Å². The predicted molar refractivity (Wildman–Crippen MR) is 63.9 cm³/mol. The van der Waals surface area contributed by atoms with Gasteiger partial charge in [-0.3, -0.25) is 0 Å². The molecule has 0 saturated carbocycles. The van der Waals surface area contributed by atoms with Crippen molar-refractivity contribution in [2.45, 2.75) is 17.9 Å². The van der Waals surface area contributed by atoms with Crippen LogP contribution in [0.4, 0.5) is 22.0 Å². The van der Waals surface area contributed by atoms with Crippen LogP contribution >= 0.6 is 15.9 Å². The Hall–Kier alpha value is -1.51. The monoisotopic (exact) mass is 355 g/mol. The maximum absolute atomic E-state index is 13.0. The standard InChI is InChI=1S/C11H7BrF5N3/c12-3-6-4-19-20(9(6)10(13)14)8-2-1-7(5-18-8)11(15,16)17/h1-2,4-5,10H,3H2. The third-order valence-corrected chi connectivity index (χ3v) is 3.13. The van der Waals surface area contributed by atoms with Crippen molar-refractivity contribution in [1.82, 2.24) is 14.8 Å². The lowest BCUT2D eigenvalue weighted by molar-refractivity contribution is -0.137. The second kappa shape index (κ2) is 5.47. The lowest BCUT2D eigenvalue weighted by atomic mass is 10.2. The molecule has 0 amide bonds. The van der Waals surface area contributed by atoms with Crippen molar-refractivity contribution in [2.75, 3.05) is 0 Å². The number of rotatable bonds is 3. The number of nitrogens with zero attached hydrogens (tertiary/aromatic N) is 3. The molecule has 9 heteroatoms. The van der Waals surface area contributed by atoms with E-state index >= 15 is 0 Å². The van der Waals surface area contributed by atoms with Gasteiger partial charge in [-0.2, -0.15) is 18.3 Å². The van der Waals surface area contributed by atoms with Crippen LogP contribution in [0.15, 0.2) is 24.5 Å². The predicted octanol–water partition coefficient (Wildman–Crippen LogP) is 4.12. The maximum Gasteiger partial charge on any atom is 0.417 e. The van der Waals surface area contributed by atoms with Crippen LogP contribution in [0.5, 0.6) is 0 Å². The summed E-state index contributed by atoms with van der Waals surface area (Å²) >= 11 is 3.04. The zero-order valence-corrected chi connectivity index (χ0v) is 11.3. The lowest BCUT2D eigenvalue weighted by Crippen LogP contribution is -2.09. The Morgan fingerprint density at radius 3 is 2.35 bits per heavy atom. The smallest absolute Gasteiger partial charge is 0.236 e. The Kier molecular flexibility index (Phi) is 4.07. The third kappa shape index (κ3) is 2.82. The van der Waals surface area contributed by atoms with E-state index in [1.807, 2.05) is 0 Å². The molecule has 0 spiro atoms. The Bertz CT molecular complexity index is 591. The number of aromatic nitrogens is 3. The van der Waals surface area contributed by atoms with Gasteiger partial charge in [-0.25, -0.2) is 18.4 Å². The Labute approximate surface area is 118 Å². The van der Waals surface area contributed by atoms with Crippen molar-refractivity contribution in [2.24, 2.45) is 0 Å².